The predicted octanol–water partition coefficient (Wildman–Crippen LogP) is 7.41. The first-order valence-electron chi connectivity index (χ1n) is 10.9. The Balaban J connectivity index is 1.55. The van der Waals surface area contributed by atoms with E-state index in [1.165, 1.54) is 56.2 Å². The van der Waals surface area contributed by atoms with Crippen molar-refractivity contribution in [1.82, 2.24) is 0 Å². The Bertz CT molecular complexity index is 765. The van der Waals surface area contributed by atoms with Crippen LogP contribution >= 0.6 is 0 Å². The molecule has 2 nitrogen and oxygen atoms in total. The van der Waals surface area contributed by atoms with E-state index in [4.69, 9.17) is 9.47 Å². The van der Waals surface area contributed by atoms with Gasteiger partial charge in [0.2, 0.25) is 11.6 Å². The Morgan fingerprint density at radius 2 is 1.41 bits per heavy atom. The first-order chi connectivity index (χ1) is 14.1. The maximum atomic E-state index is 14.2. The molecule has 1 aliphatic carbocycles. The van der Waals surface area contributed by atoms with E-state index in [2.05, 4.69) is 19.1 Å². The van der Waals surface area contributed by atoms with Gasteiger partial charge in [-0.25, -0.2) is 0 Å². The summed E-state index contributed by atoms with van der Waals surface area (Å²) in [4.78, 5) is 0. The second-order valence-electron chi connectivity index (χ2n) is 8.07. The fourth-order valence-electron chi connectivity index (χ4n) is 4.19. The lowest BCUT2D eigenvalue weighted by Crippen LogP contribution is -2.13. The van der Waals surface area contributed by atoms with Gasteiger partial charge in [0.1, 0.15) is 6.61 Å². The highest BCUT2D eigenvalue weighted by molar-refractivity contribution is 5.35. The molecule has 0 heterocycles. The van der Waals surface area contributed by atoms with Crippen LogP contribution in [0.3, 0.4) is 0 Å². The first-order valence-corrected chi connectivity index (χ1v) is 10.9. The molecule has 0 amide bonds. The molecule has 0 saturated heterocycles. The van der Waals surface area contributed by atoms with Crippen molar-refractivity contribution in [2.75, 3.05) is 6.61 Å². The summed E-state index contributed by atoms with van der Waals surface area (Å²) in [5.74, 6) is -0.623. The summed E-state index contributed by atoms with van der Waals surface area (Å²) in [7, 11) is 0. The minimum atomic E-state index is -1.00. The molecule has 3 rings (SSSR count). The summed E-state index contributed by atoms with van der Waals surface area (Å²) in [5, 5.41) is 0. The van der Waals surface area contributed by atoms with Crippen molar-refractivity contribution in [2.45, 2.75) is 71.3 Å². The number of benzene rings is 2. The van der Waals surface area contributed by atoms with E-state index >= 15 is 0 Å². The van der Waals surface area contributed by atoms with Crippen molar-refractivity contribution in [3.8, 4) is 11.5 Å². The third-order valence-corrected chi connectivity index (χ3v) is 5.86. The maximum Gasteiger partial charge on any atom is 0.204 e. The average molecular weight is 403 g/mol. The van der Waals surface area contributed by atoms with Gasteiger partial charge in [-0.1, -0.05) is 51.0 Å². The van der Waals surface area contributed by atoms with E-state index < -0.39 is 11.6 Å². The molecule has 0 bridgehead atoms. The molecule has 0 atom stereocenters. The largest absolute Gasteiger partial charge is 0.490 e. The summed E-state index contributed by atoms with van der Waals surface area (Å²) in [6.45, 7) is 4.73. The molecule has 1 saturated carbocycles. The van der Waals surface area contributed by atoms with E-state index in [1.807, 2.05) is 19.1 Å². The van der Waals surface area contributed by atoms with Crippen LogP contribution in [0.1, 0.15) is 75.8 Å². The Labute approximate surface area is 173 Å². The van der Waals surface area contributed by atoms with Crippen LogP contribution in [0.25, 0.3) is 0 Å². The molecule has 2 aromatic rings. The molecule has 1 aliphatic rings. The maximum absolute atomic E-state index is 14.2. The van der Waals surface area contributed by atoms with E-state index in [-0.39, 0.29) is 18.1 Å². The molecular formula is C25H32F2O2. The molecule has 29 heavy (non-hydrogen) atoms. The molecule has 0 aliphatic heterocycles. The van der Waals surface area contributed by atoms with Crippen LogP contribution in [0.15, 0.2) is 36.4 Å². The van der Waals surface area contributed by atoms with Crippen LogP contribution in [0.2, 0.25) is 0 Å². The molecule has 0 N–H and O–H groups in total. The molecule has 0 spiro atoms. The van der Waals surface area contributed by atoms with Crippen LogP contribution in [-0.2, 0) is 6.61 Å². The molecule has 2 aromatic carbocycles. The number of ether oxygens (including phenoxy) is 2. The standard InChI is InChI=1S/C25H32F2O2/c1-3-5-18-6-10-20(11-7-18)21-12-8-19(9-13-21)17-29-23-15-14-22(28-16-4-2)24(26)25(23)27/h8-9,12-15,18,20H,3-7,10-11,16-17H2,1-2H3. The van der Waals surface area contributed by atoms with Gasteiger partial charge in [-0.2, -0.15) is 8.78 Å². The average Bonchev–Trinajstić information content (AvgIpc) is 2.75. The fourth-order valence-corrected chi connectivity index (χ4v) is 4.19. The Kier molecular flexibility index (Phi) is 7.91. The summed E-state index contributed by atoms with van der Waals surface area (Å²) < 4.78 is 39.0. The van der Waals surface area contributed by atoms with Gasteiger partial charge in [-0.3, -0.25) is 0 Å². The zero-order valence-corrected chi connectivity index (χ0v) is 17.6. The molecule has 1 fully saturated rings. The molecule has 0 unspecified atom stereocenters. The van der Waals surface area contributed by atoms with Crippen molar-refractivity contribution < 1.29 is 18.3 Å². The van der Waals surface area contributed by atoms with Crippen molar-refractivity contribution in [3.05, 3.63) is 59.2 Å². The highest BCUT2D eigenvalue weighted by Gasteiger charge is 2.21. The van der Waals surface area contributed by atoms with Crippen molar-refractivity contribution in [3.63, 3.8) is 0 Å². The first kappa shape index (κ1) is 21.6. The molecule has 0 radical (unpaired) electrons. The van der Waals surface area contributed by atoms with Gasteiger partial charge in [-0.05, 0) is 67.2 Å². The second-order valence-corrected chi connectivity index (χ2v) is 8.07. The minimum absolute atomic E-state index is 0.0743. The van der Waals surface area contributed by atoms with Crippen molar-refractivity contribution >= 4 is 0 Å². The van der Waals surface area contributed by atoms with E-state index in [0.717, 1.165) is 17.9 Å². The van der Waals surface area contributed by atoms with Gasteiger partial charge >= 0.3 is 0 Å². The highest BCUT2D eigenvalue weighted by Crippen LogP contribution is 2.37. The van der Waals surface area contributed by atoms with E-state index in [1.54, 1.807) is 0 Å². The number of rotatable bonds is 9. The van der Waals surface area contributed by atoms with Crippen LogP contribution in [-0.4, -0.2) is 6.61 Å². The SMILES string of the molecule is CCCOc1ccc(OCc2ccc(C3CCC(CCC)CC3)cc2)c(F)c1F. The third kappa shape index (κ3) is 5.71. The lowest BCUT2D eigenvalue weighted by molar-refractivity contribution is 0.269. The van der Waals surface area contributed by atoms with Gasteiger partial charge in [0.15, 0.2) is 11.5 Å². The quantitative estimate of drug-likeness (QED) is 0.435. The van der Waals surface area contributed by atoms with Crippen molar-refractivity contribution in [1.29, 1.82) is 0 Å². The lowest BCUT2D eigenvalue weighted by atomic mass is 9.77. The summed E-state index contributed by atoms with van der Waals surface area (Å²) in [6.07, 6.45) is 8.54. The highest BCUT2D eigenvalue weighted by atomic mass is 19.2. The number of hydrogen-bond donors (Lipinski definition) is 0. The zero-order valence-electron chi connectivity index (χ0n) is 17.6. The van der Waals surface area contributed by atoms with Gasteiger partial charge in [-0.15, -0.1) is 0 Å². The fraction of sp³-hybridized carbons (Fsp3) is 0.520. The predicted molar refractivity (Wildman–Crippen MR) is 113 cm³/mol. The van der Waals surface area contributed by atoms with Crippen LogP contribution in [0, 0.1) is 17.6 Å². The summed E-state index contributed by atoms with van der Waals surface area (Å²) in [6, 6.07) is 11.2. The van der Waals surface area contributed by atoms with Crippen molar-refractivity contribution in [2.24, 2.45) is 5.92 Å². The Morgan fingerprint density at radius 3 is 2.00 bits per heavy atom. The second kappa shape index (κ2) is 10.6. The van der Waals surface area contributed by atoms with Gasteiger partial charge < -0.3 is 9.47 Å². The topological polar surface area (TPSA) is 18.5 Å². The normalized spacial score (nSPS) is 19.2. The summed E-state index contributed by atoms with van der Waals surface area (Å²) >= 11 is 0. The molecule has 0 aromatic heterocycles. The van der Waals surface area contributed by atoms with Crippen LogP contribution < -0.4 is 9.47 Å². The monoisotopic (exact) mass is 402 g/mol. The zero-order chi connectivity index (χ0) is 20.6. The van der Waals surface area contributed by atoms with Gasteiger partial charge in [0.05, 0.1) is 6.61 Å². The van der Waals surface area contributed by atoms with Crippen LogP contribution in [0.5, 0.6) is 11.5 Å². The van der Waals surface area contributed by atoms with E-state index in [0.29, 0.717) is 12.5 Å². The smallest absolute Gasteiger partial charge is 0.204 e. The van der Waals surface area contributed by atoms with E-state index in [9.17, 15) is 8.78 Å². The number of hydrogen-bond acceptors (Lipinski definition) is 2. The van der Waals surface area contributed by atoms with Crippen LogP contribution in [0.4, 0.5) is 8.78 Å². The lowest BCUT2D eigenvalue weighted by Gasteiger charge is -2.28. The minimum Gasteiger partial charge on any atom is -0.490 e. The summed E-state index contributed by atoms with van der Waals surface area (Å²) in [5.41, 5.74) is 2.32. The molecular weight excluding hydrogens is 370 g/mol. The molecule has 158 valence electrons. The Morgan fingerprint density at radius 1 is 0.793 bits per heavy atom. The van der Waals surface area contributed by atoms with Gasteiger partial charge in [0, 0.05) is 0 Å². The third-order valence-electron chi connectivity index (χ3n) is 5.86. The Hall–Kier alpha value is -2.10. The number of halogens is 2. The molecule has 4 heteroatoms. The van der Waals surface area contributed by atoms with Gasteiger partial charge in [0.25, 0.3) is 0 Å².